The molecule has 0 aliphatic carbocycles. The van der Waals surface area contributed by atoms with Gasteiger partial charge >= 0.3 is 0 Å². The fraction of sp³-hybridized carbons (Fsp3) is 0. The van der Waals surface area contributed by atoms with Crippen molar-refractivity contribution in [2.45, 2.75) is 4.90 Å². The summed E-state index contributed by atoms with van der Waals surface area (Å²) in [5, 5.41) is 8.54. The molecule has 0 atom stereocenters. The minimum Gasteiger partial charge on any atom is -0.257 e. The number of sulfonamides is 1. The highest BCUT2D eigenvalue weighted by atomic mass is 32.2. The Morgan fingerprint density at radius 1 is 1.50 bits per heavy atom. The Morgan fingerprint density at radius 3 is 2.64 bits per heavy atom. The van der Waals surface area contributed by atoms with Crippen LogP contribution in [0.4, 0.5) is 4.39 Å². The Kier molecular flexibility index (Phi) is 2.81. The van der Waals surface area contributed by atoms with E-state index in [1.165, 1.54) is 17.0 Å². The quantitative estimate of drug-likeness (QED) is 0.529. The highest BCUT2D eigenvalue weighted by Gasteiger charge is 2.19. The van der Waals surface area contributed by atoms with Crippen molar-refractivity contribution >= 4 is 10.0 Å². The first-order valence-corrected chi connectivity index (χ1v) is 4.92. The molecule has 0 heterocycles. The number of hydrogen-bond donors (Lipinski definition) is 2. The van der Waals surface area contributed by atoms with Crippen LogP contribution < -0.4 is 10.7 Å². The smallest absolute Gasteiger partial charge is 0.254 e. The van der Waals surface area contributed by atoms with Crippen molar-refractivity contribution in [1.29, 1.82) is 5.26 Å². The standard InChI is InChI=1S/C7H6FN3O2S/c8-6-2-1-3-7(5(6)4-9)14(12,13)11-10/h1-3,11H,10H2. The van der Waals surface area contributed by atoms with Crippen LogP contribution in [0.15, 0.2) is 23.1 Å². The lowest BCUT2D eigenvalue weighted by atomic mass is 10.2. The molecule has 74 valence electrons. The van der Waals surface area contributed by atoms with E-state index in [2.05, 4.69) is 0 Å². The number of nitrogens with two attached hydrogens (primary N) is 1. The molecule has 14 heavy (non-hydrogen) atoms. The molecule has 0 bridgehead atoms. The van der Waals surface area contributed by atoms with Crippen molar-refractivity contribution < 1.29 is 12.8 Å². The van der Waals surface area contributed by atoms with Gasteiger partial charge < -0.3 is 0 Å². The van der Waals surface area contributed by atoms with Crippen LogP contribution >= 0.6 is 0 Å². The van der Waals surface area contributed by atoms with Crippen LogP contribution in [-0.2, 0) is 10.0 Å². The molecule has 1 rings (SSSR count). The highest BCUT2D eigenvalue weighted by Crippen LogP contribution is 2.16. The summed E-state index contributed by atoms with van der Waals surface area (Å²) in [6, 6.07) is 4.72. The third-order valence-corrected chi connectivity index (χ3v) is 2.76. The Labute approximate surface area is 80.0 Å². The molecule has 0 aliphatic heterocycles. The largest absolute Gasteiger partial charge is 0.257 e. The predicted octanol–water partition coefficient (Wildman–Crippen LogP) is -0.151. The van der Waals surface area contributed by atoms with Gasteiger partial charge in [-0.1, -0.05) is 6.07 Å². The van der Waals surface area contributed by atoms with Gasteiger partial charge in [0.15, 0.2) is 0 Å². The second kappa shape index (κ2) is 3.71. The summed E-state index contributed by atoms with van der Waals surface area (Å²) >= 11 is 0. The average molecular weight is 215 g/mol. The maximum atomic E-state index is 13.0. The second-order valence-corrected chi connectivity index (χ2v) is 4.03. The molecular weight excluding hydrogens is 209 g/mol. The van der Waals surface area contributed by atoms with Gasteiger partial charge in [0.1, 0.15) is 22.3 Å². The van der Waals surface area contributed by atoms with Crippen LogP contribution in [0.1, 0.15) is 5.56 Å². The van der Waals surface area contributed by atoms with E-state index in [1.54, 1.807) is 0 Å². The summed E-state index contributed by atoms with van der Waals surface area (Å²) < 4.78 is 35.3. The number of hydrazine groups is 1. The van der Waals surface area contributed by atoms with Crippen molar-refractivity contribution in [2.24, 2.45) is 5.84 Å². The molecule has 0 spiro atoms. The number of benzene rings is 1. The van der Waals surface area contributed by atoms with E-state index in [9.17, 15) is 12.8 Å². The SMILES string of the molecule is N#Cc1c(F)cccc1S(=O)(=O)NN. The van der Waals surface area contributed by atoms with E-state index in [-0.39, 0.29) is 0 Å². The Morgan fingerprint density at radius 2 is 2.14 bits per heavy atom. The predicted molar refractivity (Wildman–Crippen MR) is 45.6 cm³/mol. The topological polar surface area (TPSA) is 96.0 Å². The maximum Gasteiger partial charge on any atom is 0.254 e. The van der Waals surface area contributed by atoms with Crippen LogP contribution in [0.3, 0.4) is 0 Å². The minimum atomic E-state index is -4.00. The van der Waals surface area contributed by atoms with Crippen LogP contribution in [0.5, 0.6) is 0 Å². The van der Waals surface area contributed by atoms with E-state index >= 15 is 0 Å². The molecule has 0 saturated carbocycles. The molecule has 0 fully saturated rings. The number of hydrogen-bond acceptors (Lipinski definition) is 4. The van der Waals surface area contributed by atoms with Gasteiger partial charge in [-0.25, -0.2) is 12.8 Å². The first kappa shape index (κ1) is 10.6. The van der Waals surface area contributed by atoms with Gasteiger partial charge in [0.2, 0.25) is 0 Å². The van der Waals surface area contributed by atoms with Crippen LogP contribution in [0, 0.1) is 17.1 Å². The summed E-state index contributed by atoms with van der Waals surface area (Å²) in [7, 11) is -4.00. The molecular formula is C7H6FN3O2S. The zero-order valence-corrected chi connectivity index (χ0v) is 7.68. The summed E-state index contributed by atoms with van der Waals surface area (Å²) in [5.41, 5.74) is -0.551. The Balaban J connectivity index is 3.53. The molecule has 0 aromatic heterocycles. The zero-order valence-electron chi connectivity index (χ0n) is 6.86. The molecule has 0 saturated heterocycles. The number of nitriles is 1. The fourth-order valence-corrected chi connectivity index (χ4v) is 1.70. The number of nitrogens with one attached hydrogen (secondary N) is 1. The summed E-state index contributed by atoms with van der Waals surface area (Å²) in [5.74, 6) is 3.84. The molecule has 1 aromatic carbocycles. The van der Waals surface area contributed by atoms with E-state index in [1.807, 2.05) is 0 Å². The molecule has 7 heteroatoms. The third-order valence-electron chi connectivity index (χ3n) is 1.53. The van der Waals surface area contributed by atoms with E-state index in [0.717, 1.165) is 12.1 Å². The summed E-state index contributed by atoms with van der Waals surface area (Å²) in [6.07, 6.45) is 0. The molecule has 3 N–H and O–H groups in total. The zero-order chi connectivity index (χ0) is 10.8. The maximum absolute atomic E-state index is 13.0. The Bertz CT molecular complexity index is 492. The lowest BCUT2D eigenvalue weighted by molar-refractivity contribution is 0.579. The number of halogens is 1. The van der Waals surface area contributed by atoms with Crippen molar-refractivity contribution in [3.63, 3.8) is 0 Å². The molecule has 0 aliphatic rings. The average Bonchev–Trinajstić information content (AvgIpc) is 2.17. The highest BCUT2D eigenvalue weighted by molar-refractivity contribution is 7.89. The van der Waals surface area contributed by atoms with Gasteiger partial charge in [0, 0.05) is 0 Å². The van der Waals surface area contributed by atoms with Crippen molar-refractivity contribution in [3.8, 4) is 6.07 Å². The molecule has 5 nitrogen and oxygen atoms in total. The van der Waals surface area contributed by atoms with E-state index in [0.29, 0.717) is 0 Å². The van der Waals surface area contributed by atoms with Crippen LogP contribution in [0.25, 0.3) is 0 Å². The van der Waals surface area contributed by atoms with Gasteiger partial charge in [0.25, 0.3) is 10.0 Å². The van der Waals surface area contributed by atoms with Crippen molar-refractivity contribution in [1.82, 2.24) is 4.83 Å². The first-order valence-electron chi connectivity index (χ1n) is 3.44. The minimum absolute atomic E-state index is 0.470. The van der Waals surface area contributed by atoms with E-state index in [4.69, 9.17) is 11.1 Å². The summed E-state index contributed by atoms with van der Waals surface area (Å²) in [6.45, 7) is 0. The van der Waals surface area contributed by atoms with Crippen LogP contribution in [0.2, 0.25) is 0 Å². The van der Waals surface area contributed by atoms with Gasteiger partial charge in [0.05, 0.1) is 0 Å². The molecule has 0 radical (unpaired) electrons. The van der Waals surface area contributed by atoms with Crippen molar-refractivity contribution in [2.75, 3.05) is 0 Å². The molecule has 0 amide bonds. The number of nitrogens with zero attached hydrogens (tertiary/aromatic N) is 1. The molecule has 1 aromatic rings. The second-order valence-electron chi connectivity index (χ2n) is 2.35. The van der Waals surface area contributed by atoms with Gasteiger partial charge in [-0.2, -0.15) is 10.1 Å². The Hall–Kier alpha value is -1.49. The van der Waals surface area contributed by atoms with E-state index < -0.39 is 26.3 Å². The van der Waals surface area contributed by atoms with Gasteiger partial charge in [-0.05, 0) is 12.1 Å². The first-order chi connectivity index (χ1) is 6.53. The lowest BCUT2D eigenvalue weighted by Crippen LogP contribution is -2.30. The fourth-order valence-electron chi connectivity index (χ4n) is 0.900. The third kappa shape index (κ3) is 1.72. The van der Waals surface area contributed by atoms with Gasteiger partial charge in [-0.15, -0.1) is 0 Å². The number of rotatable bonds is 2. The van der Waals surface area contributed by atoms with Crippen molar-refractivity contribution in [3.05, 3.63) is 29.6 Å². The monoisotopic (exact) mass is 215 g/mol. The van der Waals surface area contributed by atoms with Gasteiger partial charge in [-0.3, -0.25) is 5.84 Å². The lowest BCUT2D eigenvalue weighted by Gasteiger charge is -2.03. The molecule has 0 unspecified atom stereocenters. The van der Waals surface area contributed by atoms with Crippen LogP contribution in [-0.4, -0.2) is 8.42 Å². The normalized spacial score (nSPS) is 10.9. The summed E-state index contributed by atoms with van der Waals surface area (Å²) in [4.78, 5) is 1.04.